The number of pyridine rings is 1. The lowest BCUT2D eigenvalue weighted by Crippen LogP contribution is -2.48. The Bertz CT molecular complexity index is 680. The van der Waals surface area contributed by atoms with Crippen molar-refractivity contribution in [1.29, 1.82) is 0 Å². The van der Waals surface area contributed by atoms with E-state index in [-0.39, 0.29) is 30.7 Å². The maximum absolute atomic E-state index is 12.7. The van der Waals surface area contributed by atoms with Crippen LogP contribution >= 0.6 is 24.8 Å². The van der Waals surface area contributed by atoms with E-state index >= 15 is 0 Å². The molecule has 1 N–H and O–H groups in total. The van der Waals surface area contributed by atoms with Gasteiger partial charge in [-0.25, -0.2) is 9.97 Å². The SMILES string of the molecule is CN(C(=O)c1ccc(-n2ccnc2)nc1)C1CC2CCC(C1)N2.Cl.Cl. The number of halogens is 2. The first kappa shape index (κ1) is 19.7. The average Bonchev–Trinajstić information content (AvgIpc) is 3.23. The van der Waals surface area contributed by atoms with Gasteiger partial charge in [0.1, 0.15) is 12.1 Å². The summed E-state index contributed by atoms with van der Waals surface area (Å²) in [5, 5.41) is 3.62. The van der Waals surface area contributed by atoms with Gasteiger partial charge in [-0.15, -0.1) is 24.8 Å². The number of hydrogen-bond acceptors (Lipinski definition) is 4. The fourth-order valence-electron chi connectivity index (χ4n) is 3.77. The molecular formula is C17H23Cl2N5O. The van der Waals surface area contributed by atoms with Crippen molar-refractivity contribution in [2.75, 3.05) is 7.05 Å². The quantitative estimate of drug-likeness (QED) is 0.883. The van der Waals surface area contributed by atoms with Crippen LogP contribution in [0.25, 0.3) is 5.82 Å². The molecule has 0 radical (unpaired) electrons. The number of fused-ring (bicyclic) bond motifs is 2. The van der Waals surface area contributed by atoms with Crippen molar-refractivity contribution >= 4 is 30.7 Å². The third-order valence-corrected chi connectivity index (χ3v) is 5.08. The van der Waals surface area contributed by atoms with Gasteiger partial charge >= 0.3 is 0 Å². The highest BCUT2D eigenvalue weighted by molar-refractivity contribution is 5.94. The van der Waals surface area contributed by atoms with Gasteiger partial charge in [-0.3, -0.25) is 9.36 Å². The molecule has 6 nitrogen and oxygen atoms in total. The van der Waals surface area contributed by atoms with Crippen molar-refractivity contribution in [2.45, 2.75) is 43.8 Å². The van der Waals surface area contributed by atoms with E-state index in [1.165, 1.54) is 12.8 Å². The Labute approximate surface area is 159 Å². The van der Waals surface area contributed by atoms with Crippen LogP contribution in [0.1, 0.15) is 36.0 Å². The van der Waals surface area contributed by atoms with Gasteiger partial charge in [-0.2, -0.15) is 0 Å². The summed E-state index contributed by atoms with van der Waals surface area (Å²) < 4.78 is 1.82. The second-order valence-electron chi connectivity index (χ2n) is 6.55. The summed E-state index contributed by atoms with van der Waals surface area (Å²) in [5.74, 6) is 0.822. The zero-order chi connectivity index (χ0) is 15.8. The molecule has 2 aromatic heterocycles. The first-order chi connectivity index (χ1) is 11.2. The van der Waals surface area contributed by atoms with E-state index in [1.807, 2.05) is 34.8 Å². The molecule has 2 unspecified atom stereocenters. The Morgan fingerprint density at radius 2 is 1.96 bits per heavy atom. The van der Waals surface area contributed by atoms with Gasteiger partial charge < -0.3 is 10.2 Å². The molecule has 2 aliphatic rings. The van der Waals surface area contributed by atoms with Gasteiger partial charge in [0.15, 0.2) is 0 Å². The third kappa shape index (κ3) is 3.97. The zero-order valence-electron chi connectivity index (χ0n) is 14.0. The summed E-state index contributed by atoms with van der Waals surface area (Å²) >= 11 is 0. The van der Waals surface area contributed by atoms with Gasteiger partial charge in [0, 0.05) is 43.8 Å². The van der Waals surface area contributed by atoms with Crippen molar-refractivity contribution in [3.05, 3.63) is 42.6 Å². The standard InChI is InChI=1S/C17H21N5O.2ClH/c1-21(15-8-13-3-4-14(9-15)20-13)17(23)12-2-5-16(19-10-12)22-7-6-18-11-22;;/h2,5-7,10-11,13-15,20H,3-4,8-9H2,1H3;2*1H. The second-order valence-corrected chi connectivity index (χ2v) is 6.55. The molecule has 0 aliphatic carbocycles. The van der Waals surface area contributed by atoms with Crippen LogP contribution in [0.5, 0.6) is 0 Å². The molecule has 2 saturated heterocycles. The lowest BCUT2D eigenvalue weighted by Gasteiger charge is -2.35. The molecule has 1 amide bonds. The van der Waals surface area contributed by atoms with Crippen molar-refractivity contribution in [3.8, 4) is 5.82 Å². The number of carbonyl (C=O) groups excluding carboxylic acids is 1. The van der Waals surface area contributed by atoms with E-state index in [0.29, 0.717) is 23.7 Å². The minimum Gasteiger partial charge on any atom is -0.339 e. The number of rotatable bonds is 3. The van der Waals surface area contributed by atoms with E-state index < -0.39 is 0 Å². The minimum atomic E-state index is 0. The van der Waals surface area contributed by atoms with Crippen LogP contribution in [-0.2, 0) is 0 Å². The highest BCUT2D eigenvalue weighted by atomic mass is 35.5. The normalized spacial score (nSPS) is 24.1. The predicted octanol–water partition coefficient (Wildman–Crippen LogP) is 2.47. The monoisotopic (exact) mass is 383 g/mol. The minimum absolute atomic E-state index is 0. The van der Waals surface area contributed by atoms with E-state index in [1.54, 1.807) is 18.7 Å². The molecular weight excluding hydrogens is 361 g/mol. The van der Waals surface area contributed by atoms with Crippen LogP contribution in [0.15, 0.2) is 37.1 Å². The van der Waals surface area contributed by atoms with Crippen LogP contribution in [0, 0.1) is 0 Å². The Morgan fingerprint density at radius 3 is 2.52 bits per heavy atom. The van der Waals surface area contributed by atoms with E-state index in [2.05, 4.69) is 15.3 Å². The van der Waals surface area contributed by atoms with Gasteiger partial charge in [-0.1, -0.05) is 0 Å². The van der Waals surface area contributed by atoms with Crippen LogP contribution in [0.4, 0.5) is 0 Å². The smallest absolute Gasteiger partial charge is 0.255 e. The summed E-state index contributed by atoms with van der Waals surface area (Å²) in [5.41, 5.74) is 0.641. The molecule has 4 heterocycles. The number of aromatic nitrogens is 3. The van der Waals surface area contributed by atoms with Crippen molar-refractivity contribution in [2.24, 2.45) is 0 Å². The Hall–Kier alpha value is -1.63. The molecule has 0 saturated carbocycles. The Morgan fingerprint density at radius 1 is 1.24 bits per heavy atom. The number of nitrogens with one attached hydrogen (secondary N) is 1. The molecule has 4 rings (SSSR count). The summed E-state index contributed by atoms with van der Waals surface area (Å²) in [4.78, 5) is 23.0. The van der Waals surface area contributed by atoms with Crippen molar-refractivity contribution < 1.29 is 4.79 Å². The second kappa shape index (κ2) is 8.17. The summed E-state index contributed by atoms with van der Waals surface area (Å²) in [7, 11) is 1.92. The zero-order valence-corrected chi connectivity index (χ0v) is 15.7. The maximum atomic E-state index is 12.7. The first-order valence-electron chi connectivity index (χ1n) is 8.18. The lowest BCUT2D eigenvalue weighted by molar-refractivity contribution is 0.0681. The number of piperidine rings is 1. The molecule has 0 spiro atoms. The topological polar surface area (TPSA) is 63.1 Å². The maximum Gasteiger partial charge on any atom is 0.255 e. The third-order valence-electron chi connectivity index (χ3n) is 5.08. The number of amides is 1. The summed E-state index contributed by atoms with van der Waals surface area (Å²) in [6.07, 6.45) is 11.5. The Balaban J connectivity index is 0.00000113. The van der Waals surface area contributed by atoms with E-state index in [0.717, 1.165) is 18.7 Å². The van der Waals surface area contributed by atoms with Crippen molar-refractivity contribution in [3.63, 3.8) is 0 Å². The van der Waals surface area contributed by atoms with Gasteiger partial charge in [0.2, 0.25) is 0 Å². The molecule has 2 aromatic rings. The average molecular weight is 384 g/mol. The number of nitrogens with zero attached hydrogens (tertiary/aromatic N) is 4. The summed E-state index contributed by atoms with van der Waals surface area (Å²) in [6, 6.07) is 5.19. The molecule has 2 atom stereocenters. The Kier molecular flexibility index (Phi) is 6.43. The van der Waals surface area contributed by atoms with E-state index in [4.69, 9.17) is 0 Å². The van der Waals surface area contributed by atoms with Crippen LogP contribution in [0.2, 0.25) is 0 Å². The molecule has 0 aromatic carbocycles. The number of carbonyl (C=O) groups is 1. The van der Waals surface area contributed by atoms with Gasteiger partial charge in [-0.05, 0) is 37.8 Å². The molecule has 2 aliphatic heterocycles. The highest BCUT2D eigenvalue weighted by Crippen LogP contribution is 2.29. The van der Waals surface area contributed by atoms with Crippen LogP contribution < -0.4 is 5.32 Å². The molecule has 8 heteroatoms. The number of imidazole rings is 1. The fraction of sp³-hybridized carbons (Fsp3) is 0.471. The summed E-state index contributed by atoms with van der Waals surface area (Å²) in [6.45, 7) is 0. The van der Waals surface area contributed by atoms with Gasteiger partial charge in [0.05, 0.1) is 5.56 Å². The number of hydrogen-bond donors (Lipinski definition) is 1. The van der Waals surface area contributed by atoms with Gasteiger partial charge in [0.25, 0.3) is 5.91 Å². The largest absolute Gasteiger partial charge is 0.339 e. The fourth-order valence-corrected chi connectivity index (χ4v) is 3.77. The van der Waals surface area contributed by atoms with Crippen LogP contribution in [-0.4, -0.2) is 50.5 Å². The van der Waals surface area contributed by atoms with Crippen LogP contribution in [0.3, 0.4) is 0 Å². The molecule has 136 valence electrons. The van der Waals surface area contributed by atoms with Crippen molar-refractivity contribution in [1.82, 2.24) is 24.8 Å². The predicted molar refractivity (Wildman–Crippen MR) is 101 cm³/mol. The van der Waals surface area contributed by atoms with E-state index in [9.17, 15) is 4.79 Å². The lowest BCUT2D eigenvalue weighted by atomic mass is 9.98. The molecule has 2 fully saturated rings. The molecule has 25 heavy (non-hydrogen) atoms. The first-order valence-corrected chi connectivity index (χ1v) is 8.18. The molecule has 2 bridgehead atoms. The highest BCUT2D eigenvalue weighted by Gasteiger charge is 2.36.